The summed E-state index contributed by atoms with van der Waals surface area (Å²) in [6.45, 7) is 0.633. The van der Waals surface area contributed by atoms with Gasteiger partial charge in [-0.3, -0.25) is 4.79 Å². The van der Waals surface area contributed by atoms with Crippen molar-refractivity contribution in [3.8, 4) is 0 Å². The van der Waals surface area contributed by atoms with Crippen LogP contribution >= 0.6 is 0 Å². The molecule has 19 heavy (non-hydrogen) atoms. The average Bonchev–Trinajstić information content (AvgIpc) is 2.25. The molecule has 0 heterocycles. The van der Waals surface area contributed by atoms with Gasteiger partial charge in [-0.25, -0.2) is 13.1 Å². The van der Waals surface area contributed by atoms with Crippen molar-refractivity contribution >= 4 is 27.3 Å². The van der Waals surface area contributed by atoms with Crippen LogP contribution in [0.1, 0.15) is 16.8 Å². The summed E-state index contributed by atoms with van der Waals surface area (Å²) in [5.41, 5.74) is 12.4. The van der Waals surface area contributed by atoms with Gasteiger partial charge in [0, 0.05) is 30.0 Å². The summed E-state index contributed by atoms with van der Waals surface area (Å²) in [5, 5.41) is 2.65. The van der Waals surface area contributed by atoms with Crippen molar-refractivity contribution in [3.63, 3.8) is 0 Å². The van der Waals surface area contributed by atoms with Gasteiger partial charge in [-0.15, -0.1) is 0 Å². The minimum absolute atomic E-state index is 0.276. The highest BCUT2D eigenvalue weighted by Gasteiger charge is 2.06. The molecule has 0 aliphatic heterocycles. The van der Waals surface area contributed by atoms with E-state index in [-0.39, 0.29) is 12.5 Å². The first kappa shape index (κ1) is 15.3. The van der Waals surface area contributed by atoms with Gasteiger partial charge in [-0.1, -0.05) is 0 Å². The van der Waals surface area contributed by atoms with E-state index in [1.54, 1.807) is 6.07 Å². The fourth-order valence-electron chi connectivity index (χ4n) is 1.46. The molecule has 0 aliphatic rings. The second kappa shape index (κ2) is 6.39. The van der Waals surface area contributed by atoms with Crippen LogP contribution in [0.25, 0.3) is 0 Å². The Labute approximate surface area is 112 Å². The summed E-state index contributed by atoms with van der Waals surface area (Å²) in [5.74, 6) is -0.293. The molecule has 0 unspecified atom stereocenters. The normalized spacial score (nSPS) is 11.2. The zero-order chi connectivity index (χ0) is 14.5. The summed E-state index contributed by atoms with van der Waals surface area (Å²) < 4.78 is 23.9. The van der Waals surface area contributed by atoms with Crippen LogP contribution in [0.5, 0.6) is 0 Å². The van der Waals surface area contributed by atoms with Gasteiger partial charge in [0.25, 0.3) is 5.91 Å². The number of rotatable bonds is 6. The van der Waals surface area contributed by atoms with Gasteiger partial charge >= 0.3 is 0 Å². The van der Waals surface area contributed by atoms with E-state index in [9.17, 15) is 13.2 Å². The minimum atomic E-state index is -3.18. The Morgan fingerprint density at radius 3 is 2.26 bits per heavy atom. The zero-order valence-corrected chi connectivity index (χ0v) is 11.5. The molecule has 1 aromatic carbocycles. The first-order valence-corrected chi connectivity index (χ1v) is 7.56. The smallest absolute Gasteiger partial charge is 0.251 e. The molecule has 1 aromatic rings. The lowest BCUT2D eigenvalue weighted by Crippen LogP contribution is -2.29. The molecule has 0 aliphatic carbocycles. The molecule has 0 saturated carbocycles. The van der Waals surface area contributed by atoms with Crippen molar-refractivity contribution in [1.82, 2.24) is 10.0 Å². The van der Waals surface area contributed by atoms with Crippen molar-refractivity contribution in [2.75, 3.05) is 30.8 Å². The number of nitrogens with one attached hydrogen (secondary N) is 2. The molecule has 7 nitrogen and oxygen atoms in total. The first-order valence-electron chi connectivity index (χ1n) is 5.67. The van der Waals surface area contributed by atoms with Gasteiger partial charge < -0.3 is 16.8 Å². The summed E-state index contributed by atoms with van der Waals surface area (Å²) in [7, 11) is -3.18. The minimum Gasteiger partial charge on any atom is -0.399 e. The number of nitrogen functional groups attached to an aromatic ring is 2. The maximum atomic E-state index is 11.7. The SMILES string of the molecule is CS(=O)(=O)NCCCNC(=O)c1cc(N)cc(N)c1. The molecule has 0 fully saturated rings. The van der Waals surface area contributed by atoms with E-state index in [2.05, 4.69) is 10.0 Å². The number of hydrogen-bond donors (Lipinski definition) is 4. The highest BCUT2D eigenvalue weighted by molar-refractivity contribution is 7.88. The maximum Gasteiger partial charge on any atom is 0.251 e. The average molecular weight is 286 g/mol. The largest absolute Gasteiger partial charge is 0.399 e. The quantitative estimate of drug-likeness (QED) is 0.415. The van der Waals surface area contributed by atoms with Crippen LogP contribution in [0.15, 0.2) is 18.2 Å². The Morgan fingerprint density at radius 1 is 1.16 bits per heavy atom. The Balaban J connectivity index is 2.39. The molecule has 1 rings (SSSR count). The first-order chi connectivity index (χ1) is 8.78. The van der Waals surface area contributed by atoms with Gasteiger partial charge in [-0.2, -0.15) is 0 Å². The van der Waals surface area contributed by atoms with Crippen LogP contribution in [0.4, 0.5) is 11.4 Å². The standard InChI is InChI=1S/C11H18N4O3S/c1-19(17,18)15-4-2-3-14-11(16)8-5-9(12)7-10(13)6-8/h5-7,15H,2-4,12-13H2,1H3,(H,14,16). The molecular formula is C11H18N4O3S. The Kier molecular flexibility index (Phi) is 5.13. The topological polar surface area (TPSA) is 127 Å². The molecule has 8 heteroatoms. The number of hydrogen-bond acceptors (Lipinski definition) is 5. The number of amides is 1. The van der Waals surface area contributed by atoms with Crippen LogP contribution in [0.2, 0.25) is 0 Å². The van der Waals surface area contributed by atoms with E-state index >= 15 is 0 Å². The predicted molar refractivity (Wildman–Crippen MR) is 75.1 cm³/mol. The Morgan fingerprint density at radius 2 is 1.74 bits per heavy atom. The molecule has 0 radical (unpaired) electrons. The van der Waals surface area contributed by atoms with Crippen LogP contribution in [0.3, 0.4) is 0 Å². The molecule has 6 N–H and O–H groups in total. The molecule has 106 valence electrons. The molecular weight excluding hydrogens is 268 g/mol. The van der Waals surface area contributed by atoms with Gasteiger partial charge in [-0.05, 0) is 24.6 Å². The third kappa shape index (κ3) is 6.07. The lowest BCUT2D eigenvalue weighted by molar-refractivity contribution is 0.0953. The number of nitrogens with two attached hydrogens (primary N) is 2. The predicted octanol–water partition coefficient (Wildman–Crippen LogP) is -0.480. The van der Waals surface area contributed by atoms with Gasteiger partial charge in [0.1, 0.15) is 0 Å². The van der Waals surface area contributed by atoms with Crippen LogP contribution in [-0.4, -0.2) is 33.7 Å². The maximum absolute atomic E-state index is 11.7. The molecule has 0 aromatic heterocycles. The number of carbonyl (C=O) groups is 1. The van der Waals surface area contributed by atoms with Gasteiger partial charge in [0.05, 0.1) is 6.26 Å². The number of anilines is 2. The third-order valence-corrected chi connectivity index (χ3v) is 2.97. The van der Waals surface area contributed by atoms with Crippen molar-refractivity contribution in [1.29, 1.82) is 0 Å². The van der Waals surface area contributed by atoms with Crippen LogP contribution < -0.4 is 21.5 Å². The molecule has 0 spiro atoms. The Bertz CT molecular complexity index is 537. The van der Waals surface area contributed by atoms with Crippen LogP contribution in [0, 0.1) is 0 Å². The number of carbonyl (C=O) groups excluding carboxylic acids is 1. The lowest BCUT2D eigenvalue weighted by Gasteiger charge is -2.07. The van der Waals surface area contributed by atoms with E-state index < -0.39 is 10.0 Å². The summed E-state index contributed by atoms with van der Waals surface area (Å²) >= 11 is 0. The number of benzene rings is 1. The van der Waals surface area contributed by atoms with Crippen molar-refractivity contribution < 1.29 is 13.2 Å². The summed E-state index contributed by atoms with van der Waals surface area (Å²) in [6.07, 6.45) is 1.58. The zero-order valence-electron chi connectivity index (χ0n) is 10.6. The molecule has 0 atom stereocenters. The van der Waals surface area contributed by atoms with E-state index in [1.165, 1.54) is 12.1 Å². The van der Waals surface area contributed by atoms with Crippen molar-refractivity contribution in [2.45, 2.75) is 6.42 Å². The Hall–Kier alpha value is -1.80. The highest BCUT2D eigenvalue weighted by atomic mass is 32.2. The van der Waals surface area contributed by atoms with E-state index in [4.69, 9.17) is 11.5 Å². The van der Waals surface area contributed by atoms with E-state index in [1.807, 2.05) is 0 Å². The molecule has 0 saturated heterocycles. The monoisotopic (exact) mass is 286 g/mol. The second-order valence-corrected chi connectivity index (χ2v) is 6.00. The van der Waals surface area contributed by atoms with E-state index in [0.29, 0.717) is 29.9 Å². The third-order valence-electron chi connectivity index (χ3n) is 2.24. The fraction of sp³-hybridized carbons (Fsp3) is 0.364. The van der Waals surface area contributed by atoms with Crippen LogP contribution in [-0.2, 0) is 10.0 Å². The fourth-order valence-corrected chi connectivity index (χ4v) is 1.97. The second-order valence-electron chi connectivity index (χ2n) is 4.16. The molecule has 1 amide bonds. The van der Waals surface area contributed by atoms with Crippen molar-refractivity contribution in [2.24, 2.45) is 0 Å². The van der Waals surface area contributed by atoms with E-state index in [0.717, 1.165) is 6.26 Å². The lowest BCUT2D eigenvalue weighted by atomic mass is 10.1. The summed E-state index contributed by atoms with van der Waals surface area (Å²) in [6, 6.07) is 4.62. The molecule has 0 bridgehead atoms. The highest BCUT2D eigenvalue weighted by Crippen LogP contribution is 2.13. The number of sulfonamides is 1. The summed E-state index contributed by atoms with van der Waals surface area (Å²) in [4.78, 5) is 11.7. The van der Waals surface area contributed by atoms with Gasteiger partial charge in [0.2, 0.25) is 10.0 Å². The van der Waals surface area contributed by atoms with Gasteiger partial charge in [0.15, 0.2) is 0 Å². The van der Waals surface area contributed by atoms with Crippen molar-refractivity contribution in [3.05, 3.63) is 23.8 Å².